The summed E-state index contributed by atoms with van der Waals surface area (Å²) in [5.41, 5.74) is 3.52. The standard InChI is InChI=1S/C16H12N2O3/c19-13-7-3-1-6-12(13)10-17-18-16(20)15-9-11-5-2-4-8-14(11)21-15/h1-10,19H,(H,18,20). The van der Waals surface area contributed by atoms with Gasteiger partial charge in [-0.1, -0.05) is 30.3 Å². The van der Waals surface area contributed by atoms with Crippen molar-refractivity contribution < 1.29 is 14.3 Å². The molecule has 0 aliphatic carbocycles. The molecule has 5 heteroatoms. The maximum absolute atomic E-state index is 11.9. The van der Waals surface area contributed by atoms with Gasteiger partial charge in [-0.2, -0.15) is 5.10 Å². The Morgan fingerprint density at radius 3 is 2.71 bits per heavy atom. The molecule has 0 bridgehead atoms. The normalized spacial score (nSPS) is 11.0. The molecule has 1 heterocycles. The van der Waals surface area contributed by atoms with Gasteiger partial charge in [0.15, 0.2) is 5.76 Å². The van der Waals surface area contributed by atoms with Crippen LogP contribution in [0.25, 0.3) is 11.0 Å². The topological polar surface area (TPSA) is 74.8 Å². The molecular formula is C16H12N2O3. The highest BCUT2D eigenvalue weighted by Gasteiger charge is 2.10. The number of phenolic OH excluding ortho intramolecular Hbond substituents is 1. The highest BCUT2D eigenvalue weighted by atomic mass is 16.3. The average Bonchev–Trinajstić information content (AvgIpc) is 2.93. The molecule has 0 fully saturated rings. The van der Waals surface area contributed by atoms with E-state index in [-0.39, 0.29) is 11.5 Å². The number of amides is 1. The van der Waals surface area contributed by atoms with Crippen LogP contribution >= 0.6 is 0 Å². The van der Waals surface area contributed by atoms with E-state index < -0.39 is 5.91 Å². The molecule has 0 spiro atoms. The lowest BCUT2D eigenvalue weighted by Crippen LogP contribution is -2.16. The van der Waals surface area contributed by atoms with Gasteiger partial charge in [0.25, 0.3) is 0 Å². The molecule has 0 radical (unpaired) electrons. The van der Waals surface area contributed by atoms with Crippen molar-refractivity contribution in [1.82, 2.24) is 5.43 Å². The fourth-order valence-corrected chi connectivity index (χ4v) is 1.91. The molecule has 0 unspecified atom stereocenters. The van der Waals surface area contributed by atoms with E-state index in [9.17, 15) is 9.90 Å². The molecule has 0 atom stereocenters. The van der Waals surface area contributed by atoms with Crippen LogP contribution in [0, 0.1) is 0 Å². The fourth-order valence-electron chi connectivity index (χ4n) is 1.91. The number of carbonyl (C=O) groups excluding carboxylic acids is 1. The van der Waals surface area contributed by atoms with Crippen molar-refractivity contribution in [2.75, 3.05) is 0 Å². The summed E-state index contributed by atoms with van der Waals surface area (Å²) >= 11 is 0. The van der Waals surface area contributed by atoms with Gasteiger partial charge in [-0.25, -0.2) is 5.43 Å². The van der Waals surface area contributed by atoms with E-state index in [1.807, 2.05) is 18.2 Å². The van der Waals surface area contributed by atoms with Crippen molar-refractivity contribution >= 4 is 23.1 Å². The number of fused-ring (bicyclic) bond motifs is 1. The summed E-state index contributed by atoms with van der Waals surface area (Å²) in [6.07, 6.45) is 1.37. The van der Waals surface area contributed by atoms with Gasteiger partial charge in [0.05, 0.1) is 6.21 Å². The van der Waals surface area contributed by atoms with Crippen molar-refractivity contribution in [3.63, 3.8) is 0 Å². The summed E-state index contributed by atoms with van der Waals surface area (Å²) in [5, 5.41) is 14.2. The first kappa shape index (κ1) is 12.9. The Kier molecular flexibility index (Phi) is 3.39. The largest absolute Gasteiger partial charge is 0.507 e. The quantitative estimate of drug-likeness (QED) is 0.572. The number of nitrogens with one attached hydrogen (secondary N) is 1. The van der Waals surface area contributed by atoms with Crippen LogP contribution in [0.5, 0.6) is 5.75 Å². The molecule has 1 amide bonds. The molecule has 1 aromatic heterocycles. The lowest BCUT2D eigenvalue weighted by Gasteiger charge is -1.97. The monoisotopic (exact) mass is 280 g/mol. The number of nitrogens with zero attached hydrogens (tertiary/aromatic N) is 1. The minimum absolute atomic E-state index is 0.0965. The van der Waals surface area contributed by atoms with Gasteiger partial charge in [-0.15, -0.1) is 0 Å². The first-order valence-corrected chi connectivity index (χ1v) is 6.34. The van der Waals surface area contributed by atoms with E-state index in [0.717, 1.165) is 5.39 Å². The van der Waals surface area contributed by atoms with Crippen molar-refractivity contribution in [1.29, 1.82) is 0 Å². The summed E-state index contributed by atoms with van der Waals surface area (Å²) in [4.78, 5) is 11.9. The first-order chi connectivity index (χ1) is 10.2. The van der Waals surface area contributed by atoms with Crippen molar-refractivity contribution in [3.05, 3.63) is 65.9 Å². The summed E-state index contributed by atoms with van der Waals surface area (Å²) < 4.78 is 5.42. The molecule has 0 aliphatic heterocycles. The smallest absolute Gasteiger partial charge is 0.307 e. The molecule has 0 saturated heterocycles. The summed E-state index contributed by atoms with van der Waals surface area (Å²) in [7, 11) is 0. The molecule has 3 aromatic rings. The van der Waals surface area contributed by atoms with Crippen LogP contribution in [-0.4, -0.2) is 17.2 Å². The predicted octanol–water partition coefficient (Wildman–Crippen LogP) is 2.90. The Balaban J connectivity index is 1.73. The van der Waals surface area contributed by atoms with Crippen molar-refractivity contribution in [2.45, 2.75) is 0 Å². The van der Waals surface area contributed by atoms with Gasteiger partial charge < -0.3 is 9.52 Å². The average molecular weight is 280 g/mol. The lowest BCUT2D eigenvalue weighted by atomic mass is 10.2. The zero-order valence-corrected chi connectivity index (χ0v) is 11.0. The zero-order valence-electron chi connectivity index (χ0n) is 11.0. The van der Waals surface area contributed by atoms with Crippen molar-refractivity contribution in [3.8, 4) is 5.75 Å². The minimum atomic E-state index is -0.446. The van der Waals surface area contributed by atoms with Gasteiger partial charge >= 0.3 is 5.91 Å². The third-order valence-corrected chi connectivity index (χ3v) is 2.96. The molecule has 2 N–H and O–H groups in total. The highest BCUT2D eigenvalue weighted by Crippen LogP contribution is 2.18. The molecule has 5 nitrogen and oxygen atoms in total. The van der Waals surface area contributed by atoms with Gasteiger partial charge in [0, 0.05) is 10.9 Å². The second kappa shape index (κ2) is 5.50. The van der Waals surface area contributed by atoms with E-state index in [4.69, 9.17) is 4.42 Å². The molecule has 0 aliphatic rings. The van der Waals surface area contributed by atoms with E-state index >= 15 is 0 Å². The number of rotatable bonds is 3. The van der Waals surface area contributed by atoms with Crippen LogP contribution in [-0.2, 0) is 0 Å². The summed E-state index contributed by atoms with van der Waals surface area (Å²) in [5.74, 6) is -0.164. The second-order valence-electron chi connectivity index (χ2n) is 4.41. The van der Waals surface area contributed by atoms with E-state index in [1.165, 1.54) is 6.21 Å². The molecule has 2 aromatic carbocycles. The van der Waals surface area contributed by atoms with Crippen LogP contribution in [0.2, 0.25) is 0 Å². The maximum Gasteiger partial charge on any atom is 0.307 e. The number of aromatic hydroxyl groups is 1. The zero-order chi connectivity index (χ0) is 14.7. The third-order valence-electron chi connectivity index (χ3n) is 2.96. The number of phenols is 1. The second-order valence-corrected chi connectivity index (χ2v) is 4.41. The Morgan fingerprint density at radius 2 is 1.90 bits per heavy atom. The van der Waals surface area contributed by atoms with Gasteiger partial charge in [0.1, 0.15) is 11.3 Å². The predicted molar refractivity (Wildman–Crippen MR) is 79.4 cm³/mol. The molecular weight excluding hydrogens is 268 g/mol. The Labute approximate surface area is 120 Å². The molecule has 104 valence electrons. The fraction of sp³-hybridized carbons (Fsp3) is 0. The minimum Gasteiger partial charge on any atom is -0.507 e. The van der Waals surface area contributed by atoms with E-state index in [1.54, 1.807) is 36.4 Å². The number of carbonyl (C=O) groups is 1. The van der Waals surface area contributed by atoms with Crippen molar-refractivity contribution in [2.24, 2.45) is 5.10 Å². The third kappa shape index (κ3) is 2.76. The number of hydrogen-bond donors (Lipinski definition) is 2. The highest BCUT2D eigenvalue weighted by molar-refractivity contribution is 5.96. The Morgan fingerprint density at radius 1 is 1.14 bits per heavy atom. The molecule has 21 heavy (non-hydrogen) atoms. The number of para-hydroxylation sites is 2. The summed E-state index contributed by atoms with van der Waals surface area (Å²) in [6, 6.07) is 15.7. The molecule has 3 rings (SSSR count). The van der Waals surface area contributed by atoms with Crippen LogP contribution < -0.4 is 5.43 Å². The number of furan rings is 1. The van der Waals surface area contributed by atoms with E-state index in [0.29, 0.717) is 11.1 Å². The Bertz CT molecular complexity index is 788. The van der Waals surface area contributed by atoms with E-state index in [2.05, 4.69) is 10.5 Å². The number of hydrogen-bond acceptors (Lipinski definition) is 4. The number of hydrazone groups is 1. The summed E-state index contributed by atoms with van der Waals surface area (Å²) in [6.45, 7) is 0. The van der Waals surface area contributed by atoms with Crippen LogP contribution in [0.1, 0.15) is 16.1 Å². The maximum atomic E-state index is 11.9. The Hall–Kier alpha value is -3.08. The van der Waals surface area contributed by atoms with Crippen LogP contribution in [0.3, 0.4) is 0 Å². The SMILES string of the molecule is O=C(NN=Cc1ccccc1O)c1cc2ccccc2o1. The number of benzene rings is 2. The van der Waals surface area contributed by atoms with Crippen LogP contribution in [0.4, 0.5) is 0 Å². The lowest BCUT2D eigenvalue weighted by molar-refractivity contribution is 0.0929. The van der Waals surface area contributed by atoms with Gasteiger partial charge in [0.2, 0.25) is 0 Å². The van der Waals surface area contributed by atoms with Gasteiger partial charge in [-0.3, -0.25) is 4.79 Å². The first-order valence-electron chi connectivity index (χ1n) is 6.34. The van der Waals surface area contributed by atoms with Gasteiger partial charge in [-0.05, 0) is 24.3 Å². The van der Waals surface area contributed by atoms with Crippen LogP contribution in [0.15, 0.2) is 64.1 Å². The molecule has 0 saturated carbocycles.